The predicted octanol–water partition coefficient (Wildman–Crippen LogP) is 0.984. The van der Waals surface area contributed by atoms with Crippen LogP contribution in [0.2, 0.25) is 0 Å². The van der Waals surface area contributed by atoms with Gasteiger partial charge in [-0.15, -0.1) is 0 Å². The zero-order valence-electron chi connectivity index (χ0n) is 12.8. The average Bonchev–Trinajstić information content (AvgIpc) is 3.10. The molecule has 0 aromatic carbocycles. The Balaban J connectivity index is 1.98. The number of nitrogens with zero attached hydrogens (tertiary/aromatic N) is 4. The third kappa shape index (κ3) is 3.33. The fourth-order valence-corrected chi connectivity index (χ4v) is 2.01. The fraction of sp³-hybridized carbons (Fsp3) is 0.429. The summed E-state index contributed by atoms with van der Waals surface area (Å²) in [6, 6.07) is -0.588. The fourth-order valence-electron chi connectivity index (χ4n) is 2.01. The number of carboxylic acids is 1. The molecule has 2 rings (SSSR count). The van der Waals surface area contributed by atoms with Crippen LogP contribution in [0.5, 0.6) is 0 Å². The van der Waals surface area contributed by atoms with Gasteiger partial charge in [-0.25, -0.2) is 4.79 Å². The molecular weight excluding hydrogens is 286 g/mol. The number of rotatable bonds is 6. The molecular formula is C14H19N5O3. The third-order valence-corrected chi connectivity index (χ3v) is 3.45. The van der Waals surface area contributed by atoms with Crippen molar-refractivity contribution in [3.05, 3.63) is 35.4 Å². The summed E-state index contributed by atoms with van der Waals surface area (Å²) in [6.07, 6.45) is 4.46. The molecule has 2 aromatic rings. The quantitative estimate of drug-likeness (QED) is 0.828. The largest absolute Gasteiger partial charge is 0.478 e. The zero-order valence-corrected chi connectivity index (χ0v) is 12.8. The molecule has 1 atom stereocenters. The lowest BCUT2D eigenvalue weighted by atomic mass is 10.2. The average molecular weight is 305 g/mol. The van der Waals surface area contributed by atoms with E-state index in [4.69, 9.17) is 5.11 Å². The van der Waals surface area contributed by atoms with Crippen LogP contribution in [-0.2, 0) is 17.9 Å². The number of hydrogen-bond donors (Lipinski definition) is 2. The summed E-state index contributed by atoms with van der Waals surface area (Å²) in [5, 5.41) is 19.9. The lowest BCUT2D eigenvalue weighted by Gasteiger charge is -2.12. The van der Waals surface area contributed by atoms with Gasteiger partial charge in [0.2, 0.25) is 5.91 Å². The van der Waals surface area contributed by atoms with Gasteiger partial charge >= 0.3 is 5.97 Å². The molecule has 0 aliphatic rings. The van der Waals surface area contributed by atoms with Gasteiger partial charge in [-0.2, -0.15) is 10.2 Å². The lowest BCUT2D eigenvalue weighted by molar-refractivity contribution is -0.124. The topological polar surface area (TPSA) is 102 Å². The molecule has 0 aliphatic heterocycles. The molecule has 8 nitrogen and oxygen atoms in total. The van der Waals surface area contributed by atoms with Crippen molar-refractivity contribution in [2.75, 3.05) is 0 Å². The maximum absolute atomic E-state index is 12.1. The summed E-state index contributed by atoms with van der Waals surface area (Å²) in [6.45, 7) is 6.70. The van der Waals surface area contributed by atoms with E-state index in [1.807, 2.05) is 24.7 Å². The van der Waals surface area contributed by atoms with Crippen LogP contribution < -0.4 is 5.32 Å². The van der Waals surface area contributed by atoms with Crippen LogP contribution >= 0.6 is 0 Å². The number of aromatic carboxylic acids is 1. The van der Waals surface area contributed by atoms with Crippen LogP contribution in [-0.4, -0.2) is 36.5 Å². The van der Waals surface area contributed by atoms with E-state index in [1.165, 1.54) is 17.1 Å². The molecule has 0 saturated carbocycles. The Morgan fingerprint density at radius 2 is 2.14 bits per heavy atom. The standard InChI is InChI=1S/C14H19N5O3/c1-4-18-7-11(9(2)17-18)5-15-13(20)10(3)19-8-12(6-16-19)14(21)22/h6-8,10H,4-5H2,1-3H3,(H,15,20)(H,21,22). The number of carboxylic acid groups (broad SMARTS) is 1. The molecule has 0 bridgehead atoms. The molecule has 0 saturated heterocycles. The molecule has 1 unspecified atom stereocenters. The summed E-state index contributed by atoms with van der Waals surface area (Å²) >= 11 is 0. The Morgan fingerprint density at radius 1 is 1.41 bits per heavy atom. The van der Waals surface area contributed by atoms with Crippen molar-refractivity contribution in [3.8, 4) is 0 Å². The highest BCUT2D eigenvalue weighted by molar-refractivity contribution is 5.87. The van der Waals surface area contributed by atoms with E-state index in [0.29, 0.717) is 6.54 Å². The number of nitrogens with one attached hydrogen (secondary N) is 1. The second-order valence-electron chi connectivity index (χ2n) is 5.00. The van der Waals surface area contributed by atoms with Gasteiger partial charge in [-0.1, -0.05) is 0 Å². The highest BCUT2D eigenvalue weighted by atomic mass is 16.4. The Hall–Kier alpha value is -2.64. The van der Waals surface area contributed by atoms with E-state index < -0.39 is 12.0 Å². The van der Waals surface area contributed by atoms with Gasteiger partial charge in [-0.3, -0.25) is 14.2 Å². The van der Waals surface area contributed by atoms with Crippen molar-refractivity contribution >= 4 is 11.9 Å². The van der Waals surface area contributed by atoms with Crippen LogP contribution in [0.3, 0.4) is 0 Å². The molecule has 1 amide bonds. The molecule has 0 aliphatic carbocycles. The van der Waals surface area contributed by atoms with Crippen molar-refractivity contribution in [1.82, 2.24) is 24.9 Å². The number of carbonyl (C=O) groups is 2. The summed E-state index contributed by atoms with van der Waals surface area (Å²) in [5.41, 5.74) is 1.89. The van der Waals surface area contributed by atoms with Gasteiger partial charge in [0.25, 0.3) is 0 Å². The first kappa shape index (κ1) is 15.7. The van der Waals surface area contributed by atoms with Crippen molar-refractivity contribution in [2.45, 2.75) is 39.9 Å². The van der Waals surface area contributed by atoms with Gasteiger partial charge in [0.15, 0.2) is 0 Å². The number of aromatic nitrogens is 4. The SMILES string of the molecule is CCn1cc(CNC(=O)C(C)n2cc(C(=O)O)cn2)c(C)n1. The molecule has 2 aromatic heterocycles. The van der Waals surface area contributed by atoms with E-state index >= 15 is 0 Å². The molecule has 118 valence electrons. The van der Waals surface area contributed by atoms with E-state index in [1.54, 1.807) is 6.92 Å². The summed E-state index contributed by atoms with van der Waals surface area (Å²) < 4.78 is 3.15. The van der Waals surface area contributed by atoms with E-state index in [9.17, 15) is 9.59 Å². The lowest BCUT2D eigenvalue weighted by Crippen LogP contribution is -2.31. The van der Waals surface area contributed by atoms with Crippen molar-refractivity contribution < 1.29 is 14.7 Å². The monoisotopic (exact) mass is 305 g/mol. The van der Waals surface area contributed by atoms with Gasteiger partial charge in [0.1, 0.15) is 6.04 Å². The maximum Gasteiger partial charge on any atom is 0.338 e. The highest BCUT2D eigenvalue weighted by Crippen LogP contribution is 2.09. The molecule has 8 heteroatoms. The second-order valence-corrected chi connectivity index (χ2v) is 5.00. The zero-order chi connectivity index (χ0) is 16.3. The van der Waals surface area contributed by atoms with Gasteiger partial charge in [0, 0.05) is 31.0 Å². The molecule has 0 radical (unpaired) electrons. The predicted molar refractivity (Wildman–Crippen MR) is 78.4 cm³/mol. The van der Waals surface area contributed by atoms with E-state index in [0.717, 1.165) is 17.8 Å². The Bertz CT molecular complexity index is 688. The first-order valence-electron chi connectivity index (χ1n) is 7.00. The van der Waals surface area contributed by atoms with E-state index in [2.05, 4.69) is 15.5 Å². The van der Waals surface area contributed by atoms with Crippen LogP contribution in [0.1, 0.15) is 41.5 Å². The van der Waals surface area contributed by atoms with Crippen LogP contribution in [0.15, 0.2) is 18.6 Å². The summed E-state index contributed by atoms with van der Waals surface area (Å²) in [5.74, 6) is -1.30. The van der Waals surface area contributed by atoms with Crippen molar-refractivity contribution in [2.24, 2.45) is 0 Å². The van der Waals surface area contributed by atoms with Crippen molar-refractivity contribution in [3.63, 3.8) is 0 Å². The van der Waals surface area contributed by atoms with E-state index in [-0.39, 0.29) is 11.5 Å². The maximum atomic E-state index is 12.1. The Morgan fingerprint density at radius 3 is 2.68 bits per heavy atom. The summed E-state index contributed by atoms with van der Waals surface area (Å²) in [4.78, 5) is 23.0. The van der Waals surface area contributed by atoms with Gasteiger partial charge < -0.3 is 10.4 Å². The molecule has 22 heavy (non-hydrogen) atoms. The minimum atomic E-state index is -1.07. The molecule has 2 N–H and O–H groups in total. The van der Waals surface area contributed by atoms with Crippen molar-refractivity contribution in [1.29, 1.82) is 0 Å². The van der Waals surface area contributed by atoms with Crippen LogP contribution in [0.4, 0.5) is 0 Å². The minimum absolute atomic E-state index is 0.0553. The number of hydrogen-bond acceptors (Lipinski definition) is 4. The number of carbonyl (C=O) groups excluding carboxylic acids is 1. The third-order valence-electron chi connectivity index (χ3n) is 3.45. The Labute approximate surface area is 127 Å². The minimum Gasteiger partial charge on any atom is -0.478 e. The number of amides is 1. The smallest absolute Gasteiger partial charge is 0.338 e. The highest BCUT2D eigenvalue weighted by Gasteiger charge is 2.17. The molecule has 0 fully saturated rings. The van der Waals surface area contributed by atoms with Crippen LogP contribution in [0, 0.1) is 6.92 Å². The molecule has 0 spiro atoms. The van der Waals surface area contributed by atoms with Crippen LogP contribution in [0.25, 0.3) is 0 Å². The number of aryl methyl sites for hydroxylation is 2. The Kier molecular flexibility index (Phi) is 4.59. The van der Waals surface area contributed by atoms with Gasteiger partial charge in [-0.05, 0) is 20.8 Å². The van der Waals surface area contributed by atoms with Gasteiger partial charge in [0.05, 0.1) is 17.5 Å². The first-order valence-corrected chi connectivity index (χ1v) is 7.00. The molecule has 2 heterocycles. The normalized spacial score (nSPS) is 12.1. The first-order chi connectivity index (χ1) is 10.4. The second kappa shape index (κ2) is 6.42. The summed E-state index contributed by atoms with van der Waals surface area (Å²) in [7, 11) is 0.